The van der Waals surface area contributed by atoms with Crippen molar-refractivity contribution in [2.45, 2.75) is 25.6 Å². The molecule has 1 saturated heterocycles. The molecule has 0 saturated carbocycles. The van der Waals surface area contributed by atoms with E-state index in [1.807, 2.05) is 6.07 Å². The predicted molar refractivity (Wildman–Crippen MR) is 96.5 cm³/mol. The van der Waals surface area contributed by atoms with Crippen molar-refractivity contribution in [2.24, 2.45) is 0 Å². The van der Waals surface area contributed by atoms with Crippen LogP contribution in [-0.2, 0) is 16.1 Å². The monoisotopic (exact) mass is 380 g/mol. The first-order valence-electron chi connectivity index (χ1n) is 8.07. The van der Waals surface area contributed by atoms with Gasteiger partial charge in [-0.25, -0.2) is 4.79 Å². The van der Waals surface area contributed by atoms with Crippen LogP contribution >= 0.6 is 23.2 Å². The molecule has 1 aliphatic heterocycles. The van der Waals surface area contributed by atoms with E-state index in [9.17, 15) is 4.79 Å². The summed E-state index contributed by atoms with van der Waals surface area (Å²) in [4.78, 5) is 12.2. The zero-order valence-corrected chi connectivity index (χ0v) is 15.1. The SMILES string of the molecule is O=C(OC[C@@H]1CCCO1)c1cccc(COc2cc(Cl)ccc2Cl)c1. The standard InChI is InChI=1S/C19H18Cl2O4/c20-15-6-7-17(21)18(10-15)24-11-13-3-1-4-14(9-13)19(22)25-12-16-5-2-8-23-16/h1,3-4,6-7,9-10,16H,2,5,8,11-12H2/t16-/m0/s1. The number of hydrogen-bond donors (Lipinski definition) is 0. The molecule has 1 fully saturated rings. The van der Waals surface area contributed by atoms with E-state index in [-0.39, 0.29) is 25.3 Å². The number of benzene rings is 2. The number of ether oxygens (including phenoxy) is 3. The van der Waals surface area contributed by atoms with Gasteiger partial charge in [-0.2, -0.15) is 0 Å². The molecule has 6 heteroatoms. The van der Waals surface area contributed by atoms with Gasteiger partial charge in [0.1, 0.15) is 19.0 Å². The third-order valence-corrected chi connectivity index (χ3v) is 4.42. The third-order valence-electron chi connectivity index (χ3n) is 3.87. The topological polar surface area (TPSA) is 44.8 Å². The molecule has 0 aliphatic carbocycles. The number of hydrogen-bond acceptors (Lipinski definition) is 4. The Kier molecular flexibility index (Phi) is 6.19. The van der Waals surface area contributed by atoms with Crippen LogP contribution in [0, 0.1) is 0 Å². The van der Waals surface area contributed by atoms with E-state index in [1.54, 1.807) is 36.4 Å². The summed E-state index contributed by atoms with van der Waals surface area (Å²) in [5.41, 5.74) is 1.32. The fourth-order valence-corrected chi connectivity index (χ4v) is 2.90. The van der Waals surface area contributed by atoms with E-state index in [0.29, 0.717) is 21.4 Å². The van der Waals surface area contributed by atoms with Gasteiger partial charge in [0.05, 0.1) is 16.7 Å². The summed E-state index contributed by atoms with van der Waals surface area (Å²) in [7, 11) is 0. The zero-order chi connectivity index (χ0) is 17.6. The van der Waals surface area contributed by atoms with Crippen LogP contribution in [0.5, 0.6) is 5.75 Å². The number of esters is 1. The molecule has 2 aromatic rings. The highest BCUT2D eigenvalue weighted by atomic mass is 35.5. The van der Waals surface area contributed by atoms with Crippen molar-refractivity contribution in [3.05, 3.63) is 63.6 Å². The zero-order valence-electron chi connectivity index (χ0n) is 13.5. The Hall–Kier alpha value is -1.75. The Bertz CT molecular complexity index is 742. The highest BCUT2D eigenvalue weighted by Gasteiger charge is 2.18. The van der Waals surface area contributed by atoms with Gasteiger partial charge >= 0.3 is 5.97 Å². The molecule has 4 nitrogen and oxygen atoms in total. The molecule has 0 N–H and O–H groups in total. The van der Waals surface area contributed by atoms with E-state index in [1.165, 1.54) is 0 Å². The molecular weight excluding hydrogens is 363 g/mol. The van der Waals surface area contributed by atoms with Gasteiger partial charge < -0.3 is 14.2 Å². The smallest absolute Gasteiger partial charge is 0.338 e. The number of halogens is 2. The van der Waals surface area contributed by atoms with Crippen molar-refractivity contribution in [1.29, 1.82) is 0 Å². The van der Waals surface area contributed by atoms with E-state index in [0.717, 1.165) is 25.0 Å². The van der Waals surface area contributed by atoms with Gasteiger partial charge in [0.15, 0.2) is 0 Å². The Morgan fingerprint density at radius 3 is 2.88 bits per heavy atom. The van der Waals surface area contributed by atoms with E-state index in [2.05, 4.69) is 0 Å². The second-order valence-corrected chi connectivity index (χ2v) is 6.64. The number of carbonyl (C=O) groups is 1. The molecule has 3 rings (SSSR count). The van der Waals surface area contributed by atoms with Gasteiger partial charge in [-0.3, -0.25) is 0 Å². The molecule has 0 bridgehead atoms. The molecule has 1 atom stereocenters. The van der Waals surface area contributed by atoms with Gasteiger partial charge in [-0.15, -0.1) is 0 Å². The van der Waals surface area contributed by atoms with Crippen LogP contribution in [-0.4, -0.2) is 25.3 Å². The summed E-state index contributed by atoms with van der Waals surface area (Å²) >= 11 is 12.0. The number of rotatable bonds is 6. The highest BCUT2D eigenvalue weighted by Crippen LogP contribution is 2.28. The summed E-state index contributed by atoms with van der Waals surface area (Å²) in [6, 6.07) is 12.2. The molecular formula is C19H18Cl2O4. The lowest BCUT2D eigenvalue weighted by Crippen LogP contribution is -2.18. The van der Waals surface area contributed by atoms with Crippen LogP contribution in [0.1, 0.15) is 28.8 Å². The molecule has 0 spiro atoms. The largest absolute Gasteiger partial charge is 0.487 e. The molecule has 1 aliphatic rings. The normalized spacial score (nSPS) is 16.6. The maximum atomic E-state index is 12.2. The summed E-state index contributed by atoms with van der Waals surface area (Å²) in [5, 5.41) is 1.03. The molecule has 0 amide bonds. The van der Waals surface area contributed by atoms with Gasteiger partial charge in [0.25, 0.3) is 0 Å². The van der Waals surface area contributed by atoms with Crippen molar-refractivity contribution in [3.8, 4) is 5.75 Å². The average Bonchev–Trinajstić information content (AvgIpc) is 3.14. The first-order chi connectivity index (χ1) is 12.1. The summed E-state index contributed by atoms with van der Waals surface area (Å²) < 4.78 is 16.5. The van der Waals surface area contributed by atoms with Gasteiger partial charge in [-0.05, 0) is 42.7 Å². The second kappa shape index (κ2) is 8.56. The third kappa shape index (κ3) is 5.11. The van der Waals surface area contributed by atoms with Crippen molar-refractivity contribution in [3.63, 3.8) is 0 Å². The fraction of sp³-hybridized carbons (Fsp3) is 0.316. The predicted octanol–water partition coefficient (Wildman–Crippen LogP) is 4.91. The van der Waals surface area contributed by atoms with Crippen molar-refractivity contribution in [2.75, 3.05) is 13.2 Å². The van der Waals surface area contributed by atoms with Crippen LogP contribution in [0.15, 0.2) is 42.5 Å². The summed E-state index contributed by atoms with van der Waals surface area (Å²) in [6.45, 7) is 1.30. The molecule has 1 heterocycles. The van der Waals surface area contributed by atoms with Crippen LogP contribution < -0.4 is 4.74 Å². The van der Waals surface area contributed by atoms with Crippen molar-refractivity contribution in [1.82, 2.24) is 0 Å². The fourth-order valence-electron chi connectivity index (χ4n) is 2.56. The summed E-state index contributed by atoms with van der Waals surface area (Å²) in [5.74, 6) is 0.138. The summed E-state index contributed by atoms with van der Waals surface area (Å²) in [6.07, 6.45) is 1.96. The average molecular weight is 381 g/mol. The molecule has 0 aromatic heterocycles. The minimum Gasteiger partial charge on any atom is -0.487 e. The van der Waals surface area contributed by atoms with Crippen LogP contribution in [0.2, 0.25) is 10.0 Å². The van der Waals surface area contributed by atoms with Crippen molar-refractivity contribution >= 4 is 29.2 Å². The van der Waals surface area contributed by atoms with E-state index >= 15 is 0 Å². The molecule has 0 unspecified atom stereocenters. The Morgan fingerprint density at radius 1 is 1.20 bits per heavy atom. The van der Waals surface area contributed by atoms with Gasteiger partial charge in [-0.1, -0.05) is 35.3 Å². The Morgan fingerprint density at radius 2 is 2.08 bits per heavy atom. The highest BCUT2D eigenvalue weighted by molar-refractivity contribution is 6.34. The van der Waals surface area contributed by atoms with Gasteiger partial charge in [0.2, 0.25) is 0 Å². The minimum absolute atomic E-state index is 0.0143. The van der Waals surface area contributed by atoms with Crippen molar-refractivity contribution < 1.29 is 19.0 Å². The molecule has 25 heavy (non-hydrogen) atoms. The molecule has 132 valence electrons. The van der Waals surface area contributed by atoms with Crippen LogP contribution in [0.25, 0.3) is 0 Å². The lowest BCUT2D eigenvalue weighted by molar-refractivity contribution is 0.0161. The Labute approximate surface area is 156 Å². The first-order valence-corrected chi connectivity index (χ1v) is 8.83. The Balaban J connectivity index is 1.58. The lowest BCUT2D eigenvalue weighted by atomic mass is 10.1. The maximum Gasteiger partial charge on any atom is 0.338 e. The number of carbonyl (C=O) groups excluding carboxylic acids is 1. The first kappa shape index (κ1) is 18.1. The van der Waals surface area contributed by atoms with Crippen LogP contribution in [0.4, 0.5) is 0 Å². The maximum absolute atomic E-state index is 12.2. The van der Waals surface area contributed by atoms with E-state index in [4.69, 9.17) is 37.4 Å². The van der Waals surface area contributed by atoms with E-state index < -0.39 is 0 Å². The minimum atomic E-state index is -0.363. The quantitative estimate of drug-likeness (QED) is 0.667. The van der Waals surface area contributed by atoms with Crippen LogP contribution in [0.3, 0.4) is 0 Å². The molecule has 2 aromatic carbocycles. The molecule has 0 radical (unpaired) electrons. The van der Waals surface area contributed by atoms with Gasteiger partial charge in [0, 0.05) is 17.7 Å². The second-order valence-electron chi connectivity index (χ2n) is 5.80. The lowest BCUT2D eigenvalue weighted by Gasteiger charge is -2.11.